The van der Waals surface area contributed by atoms with E-state index in [4.69, 9.17) is 0 Å². The van der Waals surface area contributed by atoms with Crippen LogP contribution in [0.4, 0.5) is 8.78 Å². The first kappa shape index (κ1) is 14.2. The van der Waals surface area contributed by atoms with Gasteiger partial charge in [-0.05, 0) is 39.0 Å². The minimum Gasteiger partial charge on any atom is -0.478 e. The van der Waals surface area contributed by atoms with Gasteiger partial charge >= 0.3 is 5.97 Å². The van der Waals surface area contributed by atoms with Crippen LogP contribution in [-0.2, 0) is 5.54 Å². The first-order chi connectivity index (χ1) is 9.20. The molecule has 2 aromatic rings. The van der Waals surface area contributed by atoms with Crippen LogP contribution in [0.25, 0.3) is 11.3 Å². The van der Waals surface area contributed by atoms with E-state index in [9.17, 15) is 18.7 Å². The van der Waals surface area contributed by atoms with E-state index < -0.39 is 23.1 Å². The minimum absolute atomic E-state index is 0.0501. The molecule has 0 atom stereocenters. The molecular formula is C14H14F2N2O2. The van der Waals surface area contributed by atoms with Gasteiger partial charge in [0, 0.05) is 11.8 Å². The quantitative estimate of drug-likeness (QED) is 0.918. The van der Waals surface area contributed by atoms with Crippen molar-refractivity contribution in [1.29, 1.82) is 0 Å². The Hall–Kier alpha value is -2.24. The van der Waals surface area contributed by atoms with Gasteiger partial charge in [-0.1, -0.05) is 0 Å². The summed E-state index contributed by atoms with van der Waals surface area (Å²) in [6.07, 6.45) is 1.39. The molecule has 4 nitrogen and oxygen atoms in total. The number of halogens is 2. The van der Waals surface area contributed by atoms with Crippen molar-refractivity contribution in [2.45, 2.75) is 26.3 Å². The summed E-state index contributed by atoms with van der Waals surface area (Å²) in [7, 11) is 0. The number of benzene rings is 1. The second-order valence-electron chi connectivity index (χ2n) is 5.44. The number of carboxylic acid groups (broad SMARTS) is 1. The van der Waals surface area contributed by atoms with Gasteiger partial charge in [0.15, 0.2) is 11.6 Å². The Morgan fingerprint density at radius 3 is 2.40 bits per heavy atom. The van der Waals surface area contributed by atoms with Crippen molar-refractivity contribution in [3.63, 3.8) is 0 Å². The maximum atomic E-state index is 13.3. The Kier molecular flexibility index (Phi) is 3.33. The number of aromatic carboxylic acids is 1. The molecule has 106 valence electrons. The maximum Gasteiger partial charge on any atom is 0.339 e. The molecule has 6 heteroatoms. The number of nitrogens with zero attached hydrogens (tertiary/aromatic N) is 2. The van der Waals surface area contributed by atoms with E-state index in [-0.39, 0.29) is 16.8 Å². The van der Waals surface area contributed by atoms with Gasteiger partial charge in [-0.25, -0.2) is 13.6 Å². The van der Waals surface area contributed by atoms with Gasteiger partial charge in [0.05, 0.1) is 5.54 Å². The van der Waals surface area contributed by atoms with E-state index in [1.807, 2.05) is 20.8 Å². The zero-order valence-corrected chi connectivity index (χ0v) is 11.3. The number of carbonyl (C=O) groups is 1. The third-order valence-corrected chi connectivity index (χ3v) is 2.82. The SMILES string of the molecule is CC(C)(C)n1cc(C(=O)O)c(-c2ccc(F)c(F)c2)n1. The van der Waals surface area contributed by atoms with Crippen molar-refractivity contribution < 1.29 is 18.7 Å². The molecule has 2 rings (SSSR count). The predicted molar refractivity (Wildman–Crippen MR) is 69.5 cm³/mol. The van der Waals surface area contributed by atoms with Crippen LogP contribution in [0.2, 0.25) is 0 Å². The highest BCUT2D eigenvalue weighted by molar-refractivity contribution is 5.94. The van der Waals surface area contributed by atoms with Gasteiger partial charge < -0.3 is 5.11 Å². The van der Waals surface area contributed by atoms with Crippen molar-refractivity contribution in [2.24, 2.45) is 0 Å². The molecule has 0 aliphatic carbocycles. The molecule has 0 saturated carbocycles. The summed E-state index contributed by atoms with van der Waals surface area (Å²) in [5.74, 6) is -3.19. The summed E-state index contributed by atoms with van der Waals surface area (Å²) >= 11 is 0. The zero-order valence-electron chi connectivity index (χ0n) is 11.3. The number of aromatic nitrogens is 2. The largest absolute Gasteiger partial charge is 0.478 e. The molecule has 1 heterocycles. The van der Waals surface area contributed by atoms with E-state index in [1.54, 1.807) is 0 Å². The summed E-state index contributed by atoms with van der Waals surface area (Å²) in [5.41, 5.74) is -0.123. The fraction of sp³-hybridized carbons (Fsp3) is 0.286. The lowest BCUT2D eigenvalue weighted by Gasteiger charge is -2.18. The van der Waals surface area contributed by atoms with E-state index in [2.05, 4.69) is 5.10 Å². The van der Waals surface area contributed by atoms with Crippen LogP contribution in [0.3, 0.4) is 0 Å². The Labute approximate surface area is 114 Å². The van der Waals surface area contributed by atoms with Gasteiger partial charge in [-0.2, -0.15) is 5.10 Å². The van der Waals surface area contributed by atoms with Crippen molar-refractivity contribution >= 4 is 5.97 Å². The normalized spacial score (nSPS) is 11.7. The molecule has 1 aromatic carbocycles. The molecule has 1 N–H and O–H groups in total. The number of hydrogen-bond acceptors (Lipinski definition) is 2. The fourth-order valence-electron chi connectivity index (χ4n) is 1.73. The topological polar surface area (TPSA) is 55.1 Å². The highest BCUT2D eigenvalue weighted by Crippen LogP contribution is 2.26. The molecule has 1 aromatic heterocycles. The van der Waals surface area contributed by atoms with Crippen molar-refractivity contribution in [2.75, 3.05) is 0 Å². The van der Waals surface area contributed by atoms with Crippen molar-refractivity contribution in [3.8, 4) is 11.3 Å². The van der Waals surface area contributed by atoms with Gasteiger partial charge in [0.1, 0.15) is 11.3 Å². The Bertz CT molecular complexity index is 672. The van der Waals surface area contributed by atoms with Gasteiger partial charge in [0.25, 0.3) is 0 Å². The fourth-order valence-corrected chi connectivity index (χ4v) is 1.73. The molecule has 0 unspecified atom stereocenters. The smallest absolute Gasteiger partial charge is 0.339 e. The van der Waals surface area contributed by atoms with Gasteiger partial charge in [-0.3, -0.25) is 4.68 Å². The average Bonchev–Trinajstić information content (AvgIpc) is 2.77. The minimum atomic E-state index is -1.17. The molecule has 0 amide bonds. The maximum absolute atomic E-state index is 13.3. The summed E-state index contributed by atoms with van der Waals surface area (Å²) < 4.78 is 27.7. The van der Waals surface area contributed by atoms with Gasteiger partial charge in [0.2, 0.25) is 0 Å². The van der Waals surface area contributed by atoms with Crippen LogP contribution in [0, 0.1) is 11.6 Å². The summed E-state index contributed by atoms with van der Waals surface area (Å²) in [6.45, 7) is 5.59. The molecule has 0 spiro atoms. The van der Waals surface area contributed by atoms with Crippen molar-refractivity contribution in [3.05, 3.63) is 41.6 Å². The molecule has 0 bridgehead atoms. The van der Waals surface area contributed by atoms with E-state index in [1.165, 1.54) is 16.9 Å². The summed E-state index contributed by atoms with van der Waals surface area (Å²) in [6, 6.07) is 3.20. The number of rotatable bonds is 2. The first-order valence-corrected chi connectivity index (χ1v) is 5.99. The second kappa shape index (κ2) is 4.70. The number of carboxylic acids is 1. The highest BCUT2D eigenvalue weighted by Gasteiger charge is 2.23. The van der Waals surface area contributed by atoms with Crippen LogP contribution in [0.15, 0.2) is 24.4 Å². The number of hydrogen-bond donors (Lipinski definition) is 1. The molecule has 0 aliphatic rings. The molecule has 0 saturated heterocycles. The predicted octanol–water partition coefficient (Wildman–Crippen LogP) is 3.28. The Morgan fingerprint density at radius 1 is 1.25 bits per heavy atom. The average molecular weight is 280 g/mol. The lowest BCUT2D eigenvalue weighted by atomic mass is 10.1. The molecule has 20 heavy (non-hydrogen) atoms. The standard InChI is InChI=1S/C14H14F2N2O2/c1-14(2,3)18-7-9(13(19)20)12(17-18)8-4-5-10(15)11(16)6-8/h4-7H,1-3H3,(H,19,20). The van der Waals surface area contributed by atoms with Gasteiger partial charge in [-0.15, -0.1) is 0 Å². The summed E-state index contributed by atoms with van der Waals surface area (Å²) in [4.78, 5) is 11.3. The Balaban J connectivity index is 2.63. The third-order valence-electron chi connectivity index (χ3n) is 2.82. The van der Waals surface area contributed by atoms with Crippen LogP contribution in [0.5, 0.6) is 0 Å². The first-order valence-electron chi connectivity index (χ1n) is 5.99. The monoisotopic (exact) mass is 280 g/mol. The van der Waals surface area contributed by atoms with Crippen LogP contribution < -0.4 is 0 Å². The second-order valence-corrected chi connectivity index (χ2v) is 5.44. The molecule has 0 fully saturated rings. The van der Waals surface area contributed by atoms with Crippen LogP contribution in [0.1, 0.15) is 31.1 Å². The molecule has 0 aliphatic heterocycles. The summed E-state index contributed by atoms with van der Waals surface area (Å²) in [5, 5.41) is 13.4. The van der Waals surface area contributed by atoms with E-state index in [0.717, 1.165) is 12.1 Å². The van der Waals surface area contributed by atoms with E-state index >= 15 is 0 Å². The molecular weight excluding hydrogens is 266 g/mol. The van der Waals surface area contributed by atoms with Crippen LogP contribution >= 0.6 is 0 Å². The van der Waals surface area contributed by atoms with Crippen molar-refractivity contribution in [1.82, 2.24) is 9.78 Å². The third kappa shape index (κ3) is 2.54. The lowest BCUT2D eigenvalue weighted by molar-refractivity contribution is 0.0697. The van der Waals surface area contributed by atoms with Crippen LogP contribution in [-0.4, -0.2) is 20.9 Å². The lowest BCUT2D eigenvalue weighted by Crippen LogP contribution is -2.22. The van der Waals surface area contributed by atoms with E-state index in [0.29, 0.717) is 0 Å². The Morgan fingerprint density at radius 2 is 1.90 bits per heavy atom. The zero-order chi connectivity index (χ0) is 15.1. The molecule has 0 radical (unpaired) electrons. The highest BCUT2D eigenvalue weighted by atomic mass is 19.2.